The molecule has 0 aliphatic carbocycles. The van der Waals surface area contributed by atoms with Crippen LogP contribution in [0.15, 0.2) is 36.4 Å². The Hall–Kier alpha value is -2.85. The van der Waals surface area contributed by atoms with Crippen LogP contribution in [-0.4, -0.2) is 66.2 Å². The molecule has 0 radical (unpaired) electrons. The first-order valence-electron chi connectivity index (χ1n) is 11.6. The molecule has 1 aromatic carbocycles. The van der Waals surface area contributed by atoms with Gasteiger partial charge in [0.25, 0.3) is 5.91 Å². The summed E-state index contributed by atoms with van der Waals surface area (Å²) in [5, 5.41) is 6.41. The summed E-state index contributed by atoms with van der Waals surface area (Å²) in [5.41, 5.74) is 0.877. The summed E-state index contributed by atoms with van der Waals surface area (Å²) in [6.45, 7) is 5.39. The largest absolute Gasteiger partial charge is 0.344 e. The van der Waals surface area contributed by atoms with Gasteiger partial charge in [0.2, 0.25) is 15.9 Å². The number of Topliss-reactive ketones (excluding diaryl/α,β-unsaturated/α-hetero) is 1. The quantitative estimate of drug-likeness (QED) is 0.584. The van der Waals surface area contributed by atoms with Crippen LogP contribution in [0.1, 0.15) is 50.5 Å². The molecule has 3 rings (SSSR count). The minimum Gasteiger partial charge on any atom is -0.344 e. The first kappa shape index (κ1) is 25.8. The number of aromatic nitrogens is 1. The average Bonchev–Trinajstić information content (AvgIpc) is 2.99. The van der Waals surface area contributed by atoms with Gasteiger partial charge >= 0.3 is 0 Å². The van der Waals surface area contributed by atoms with Crippen molar-refractivity contribution in [2.75, 3.05) is 18.8 Å². The third-order valence-electron chi connectivity index (χ3n) is 5.86. The number of carbonyl (C=O) groups is 3. The zero-order valence-corrected chi connectivity index (χ0v) is 20.6. The van der Waals surface area contributed by atoms with Crippen molar-refractivity contribution in [3.63, 3.8) is 0 Å². The molecule has 184 valence electrons. The van der Waals surface area contributed by atoms with Crippen LogP contribution < -0.4 is 10.6 Å². The summed E-state index contributed by atoms with van der Waals surface area (Å²) in [4.78, 5) is 43.1. The van der Waals surface area contributed by atoms with Gasteiger partial charge in [-0.15, -0.1) is 0 Å². The maximum absolute atomic E-state index is 13.1. The maximum atomic E-state index is 13.1. The van der Waals surface area contributed by atoms with Crippen molar-refractivity contribution in [1.29, 1.82) is 0 Å². The molecule has 1 aromatic heterocycles. The number of ketones is 1. The van der Waals surface area contributed by atoms with E-state index in [0.717, 1.165) is 5.39 Å². The minimum absolute atomic E-state index is 0.0807. The molecule has 0 bridgehead atoms. The summed E-state index contributed by atoms with van der Waals surface area (Å²) >= 11 is 0. The molecule has 1 aliphatic rings. The molecule has 2 heterocycles. The molecule has 2 amide bonds. The highest BCUT2D eigenvalue weighted by Crippen LogP contribution is 2.15. The van der Waals surface area contributed by atoms with Crippen LogP contribution in [0.2, 0.25) is 0 Å². The number of fused-ring (bicyclic) bond motifs is 1. The van der Waals surface area contributed by atoms with E-state index in [2.05, 4.69) is 15.6 Å². The normalized spacial score (nSPS) is 18.5. The molecule has 9 nitrogen and oxygen atoms in total. The highest BCUT2D eigenvalue weighted by atomic mass is 32.2. The molecular weight excluding hydrogens is 456 g/mol. The Balaban J connectivity index is 1.71. The molecule has 2 atom stereocenters. The molecule has 10 heteroatoms. The fourth-order valence-electron chi connectivity index (χ4n) is 3.97. The van der Waals surface area contributed by atoms with Gasteiger partial charge < -0.3 is 10.6 Å². The van der Waals surface area contributed by atoms with Crippen LogP contribution in [0.4, 0.5) is 0 Å². The molecule has 2 aromatic rings. The van der Waals surface area contributed by atoms with Gasteiger partial charge in [0.05, 0.1) is 23.9 Å². The second-order valence-electron chi connectivity index (χ2n) is 8.95. The van der Waals surface area contributed by atoms with E-state index in [1.165, 1.54) is 11.2 Å². The van der Waals surface area contributed by atoms with Crippen molar-refractivity contribution >= 4 is 38.5 Å². The van der Waals surface area contributed by atoms with E-state index in [1.54, 1.807) is 12.1 Å². The molecule has 1 aliphatic heterocycles. The Morgan fingerprint density at radius 3 is 2.62 bits per heavy atom. The molecule has 34 heavy (non-hydrogen) atoms. The third-order valence-corrected chi connectivity index (χ3v) is 7.68. The van der Waals surface area contributed by atoms with E-state index in [9.17, 15) is 22.8 Å². The van der Waals surface area contributed by atoms with Gasteiger partial charge in [-0.1, -0.05) is 38.1 Å². The molecule has 1 fully saturated rings. The number of hydrogen-bond donors (Lipinski definition) is 2. The summed E-state index contributed by atoms with van der Waals surface area (Å²) in [6, 6.07) is 9.19. The second-order valence-corrected chi connectivity index (χ2v) is 11.2. The SMILES string of the molecule is CCS(=O)(=O)N1CCC[C@H](NC(=O)C(CC(C)C)NC(=O)c2ccc3ccccc3n2)C(=O)C1. The van der Waals surface area contributed by atoms with Crippen LogP contribution in [-0.2, 0) is 19.6 Å². The smallest absolute Gasteiger partial charge is 0.270 e. The molecule has 0 spiro atoms. The first-order chi connectivity index (χ1) is 16.1. The topological polar surface area (TPSA) is 126 Å². The van der Waals surface area contributed by atoms with Gasteiger partial charge in [-0.25, -0.2) is 13.4 Å². The fraction of sp³-hybridized carbons (Fsp3) is 0.500. The average molecular weight is 489 g/mol. The van der Waals surface area contributed by atoms with Gasteiger partial charge in [-0.2, -0.15) is 4.31 Å². The highest BCUT2D eigenvalue weighted by molar-refractivity contribution is 7.89. The Labute approximate surface area is 200 Å². The van der Waals surface area contributed by atoms with E-state index in [1.807, 2.05) is 38.1 Å². The van der Waals surface area contributed by atoms with Gasteiger partial charge in [0.1, 0.15) is 11.7 Å². The lowest BCUT2D eigenvalue weighted by Crippen LogP contribution is -2.52. The number of carbonyl (C=O) groups excluding carboxylic acids is 3. The van der Waals surface area contributed by atoms with Crippen LogP contribution in [0, 0.1) is 5.92 Å². The van der Waals surface area contributed by atoms with E-state index in [4.69, 9.17) is 0 Å². The van der Waals surface area contributed by atoms with Crippen molar-refractivity contribution in [1.82, 2.24) is 19.9 Å². The number of para-hydroxylation sites is 1. The van der Waals surface area contributed by atoms with E-state index < -0.39 is 33.9 Å². The van der Waals surface area contributed by atoms with Crippen LogP contribution in [0.3, 0.4) is 0 Å². The van der Waals surface area contributed by atoms with Crippen LogP contribution in [0.25, 0.3) is 10.9 Å². The predicted molar refractivity (Wildman–Crippen MR) is 130 cm³/mol. The van der Waals surface area contributed by atoms with Crippen LogP contribution >= 0.6 is 0 Å². The van der Waals surface area contributed by atoms with Gasteiger partial charge in [-0.05, 0) is 44.2 Å². The summed E-state index contributed by atoms with van der Waals surface area (Å²) < 4.78 is 25.5. The number of pyridine rings is 1. The van der Waals surface area contributed by atoms with Crippen molar-refractivity contribution in [3.05, 3.63) is 42.1 Å². The number of benzene rings is 1. The van der Waals surface area contributed by atoms with E-state index in [-0.39, 0.29) is 36.2 Å². The van der Waals surface area contributed by atoms with E-state index in [0.29, 0.717) is 24.8 Å². The summed E-state index contributed by atoms with van der Waals surface area (Å²) in [5.74, 6) is -1.26. The molecule has 2 N–H and O–H groups in total. The van der Waals surface area contributed by atoms with Gasteiger partial charge in [0, 0.05) is 11.9 Å². The van der Waals surface area contributed by atoms with Crippen molar-refractivity contribution in [3.8, 4) is 0 Å². The number of rotatable bonds is 8. The Morgan fingerprint density at radius 2 is 1.91 bits per heavy atom. The standard InChI is InChI=1S/C24H32N4O5S/c1-4-34(32,33)28-13-7-10-19(22(29)15-28)26-24(31)21(14-16(2)3)27-23(30)20-12-11-17-8-5-6-9-18(17)25-20/h5-6,8-9,11-12,16,19,21H,4,7,10,13-15H2,1-3H3,(H,26,31)(H,27,30)/t19-,21?/m0/s1. The third kappa shape index (κ3) is 6.38. The second kappa shape index (κ2) is 11.1. The lowest BCUT2D eigenvalue weighted by molar-refractivity contribution is -0.129. The predicted octanol–water partition coefficient (Wildman–Crippen LogP) is 1.88. The Bertz CT molecular complexity index is 1160. The lowest BCUT2D eigenvalue weighted by atomic mass is 10.0. The number of nitrogens with zero attached hydrogens (tertiary/aromatic N) is 2. The highest BCUT2D eigenvalue weighted by Gasteiger charge is 2.33. The number of nitrogens with one attached hydrogen (secondary N) is 2. The Kier molecular flexibility index (Phi) is 8.37. The minimum atomic E-state index is -3.49. The lowest BCUT2D eigenvalue weighted by Gasteiger charge is -2.23. The van der Waals surface area contributed by atoms with Gasteiger partial charge in [-0.3, -0.25) is 14.4 Å². The van der Waals surface area contributed by atoms with Crippen molar-refractivity contribution in [2.24, 2.45) is 5.92 Å². The molecule has 1 saturated heterocycles. The maximum Gasteiger partial charge on any atom is 0.270 e. The Morgan fingerprint density at radius 1 is 1.18 bits per heavy atom. The first-order valence-corrected chi connectivity index (χ1v) is 13.2. The molecule has 1 unspecified atom stereocenters. The number of hydrogen-bond acceptors (Lipinski definition) is 6. The zero-order chi connectivity index (χ0) is 24.9. The zero-order valence-electron chi connectivity index (χ0n) is 19.8. The van der Waals surface area contributed by atoms with Crippen molar-refractivity contribution < 1.29 is 22.8 Å². The molecule has 0 saturated carbocycles. The number of sulfonamides is 1. The fourth-order valence-corrected chi connectivity index (χ4v) is 5.06. The monoisotopic (exact) mass is 488 g/mol. The van der Waals surface area contributed by atoms with Crippen molar-refractivity contribution in [2.45, 2.75) is 52.1 Å². The van der Waals surface area contributed by atoms with E-state index >= 15 is 0 Å². The molecular formula is C24H32N4O5S. The summed E-state index contributed by atoms with van der Waals surface area (Å²) in [6.07, 6.45) is 1.18. The summed E-state index contributed by atoms with van der Waals surface area (Å²) in [7, 11) is -3.49. The number of amides is 2. The van der Waals surface area contributed by atoms with Gasteiger partial charge in [0.15, 0.2) is 5.78 Å². The van der Waals surface area contributed by atoms with Crippen LogP contribution in [0.5, 0.6) is 0 Å².